The molecule has 3 rings (SSSR count). The molecule has 1 fully saturated rings. The minimum absolute atomic E-state index is 0.129. The standard InChI is InChI=1S/C24H32N2O3S/c1-19(2)20-14-16-22(17-15-20)26(30(28,29)23-12-8-5-9-13-23)18-24(27)25-21-10-6-3-4-7-11-21/h5,8-9,12-17,19,21H,3-4,6-7,10-11,18H2,1-2H3,(H,25,27). The Morgan fingerprint density at radius 3 is 2.13 bits per heavy atom. The molecular formula is C24H32N2O3S. The van der Waals surface area contributed by atoms with Crippen LogP contribution in [-0.2, 0) is 14.8 Å². The van der Waals surface area contributed by atoms with E-state index in [4.69, 9.17) is 0 Å². The second-order valence-electron chi connectivity index (χ2n) is 8.33. The molecule has 1 amide bonds. The van der Waals surface area contributed by atoms with E-state index in [1.54, 1.807) is 42.5 Å². The monoisotopic (exact) mass is 428 g/mol. The van der Waals surface area contributed by atoms with Crippen molar-refractivity contribution in [3.8, 4) is 0 Å². The maximum Gasteiger partial charge on any atom is 0.264 e. The number of benzene rings is 2. The molecule has 6 heteroatoms. The molecule has 0 aromatic heterocycles. The molecule has 0 bridgehead atoms. The van der Waals surface area contributed by atoms with Crippen LogP contribution in [0, 0.1) is 0 Å². The van der Waals surface area contributed by atoms with Gasteiger partial charge in [-0.3, -0.25) is 9.10 Å². The van der Waals surface area contributed by atoms with Crippen molar-refractivity contribution in [2.24, 2.45) is 0 Å². The van der Waals surface area contributed by atoms with Crippen molar-refractivity contribution in [3.05, 3.63) is 60.2 Å². The first-order valence-electron chi connectivity index (χ1n) is 10.8. The maximum atomic E-state index is 13.4. The summed E-state index contributed by atoms with van der Waals surface area (Å²) in [4.78, 5) is 13.0. The molecule has 0 heterocycles. The Bertz CT molecular complexity index is 917. The largest absolute Gasteiger partial charge is 0.352 e. The Morgan fingerprint density at radius 2 is 1.57 bits per heavy atom. The molecule has 1 aliphatic carbocycles. The first kappa shape index (κ1) is 22.3. The second-order valence-corrected chi connectivity index (χ2v) is 10.2. The maximum absolute atomic E-state index is 13.4. The van der Waals surface area contributed by atoms with Crippen LogP contribution in [0.25, 0.3) is 0 Å². The van der Waals surface area contributed by atoms with Gasteiger partial charge in [-0.25, -0.2) is 8.42 Å². The fraction of sp³-hybridized carbons (Fsp3) is 0.458. The molecule has 5 nitrogen and oxygen atoms in total. The highest BCUT2D eigenvalue weighted by atomic mass is 32.2. The van der Waals surface area contributed by atoms with Crippen LogP contribution in [0.1, 0.15) is 63.9 Å². The van der Waals surface area contributed by atoms with Crippen LogP contribution in [0.5, 0.6) is 0 Å². The Hall–Kier alpha value is -2.34. The zero-order valence-electron chi connectivity index (χ0n) is 17.9. The van der Waals surface area contributed by atoms with E-state index in [9.17, 15) is 13.2 Å². The molecule has 30 heavy (non-hydrogen) atoms. The van der Waals surface area contributed by atoms with Gasteiger partial charge in [-0.1, -0.05) is 69.9 Å². The third-order valence-electron chi connectivity index (χ3n) is 5.69. The predicted molar refractivity (Wildman–Crippen MR) is 121 cm³/mol. The summed E-state index contributed by atoms with van der Waals surface area (Å²) in [6.45, 7) is 3.95. The lowest BCUT2D eigenvalue weighted by molar-refractivity contribution is -0.120. The number of carbonyl (C=O) groups excluding carboxylic acids is 1. The number of hydrogen-bond acceptors (Lipinski definition) is 3. The van der Waals surface area contributed by atoms with E-state index in [0.29, 0.717) is 11.6 Å². The van der Waals surface area contributed by atoms with E-state index in [2.05, 4.69) is 19.2 Å². The van der Waals surface area contributed by atoms with Crippen molar-refractivity contribution in [1.29, 1.82) is 0 Å². The summed E-state index contributed by atoms with van der Waals surface area (Å²) >= 11 is 0. The van der Waals surface area contributed by atoms with E-state index in [-0.39, 0.29) is 23.4 Å². The van der Waals surface area contributed by atoms with E-state index in [0.717, 1.165) is 31.2 Å². The van der Waals surface area contributed by atoms with E-state index >= 15 is 0 Å². The van der Waals surface area contributed by atoms with Crippen LogP contribution in [0.15, 0.2) is 59.5 Å². The molecule has 0 aliphatic heterocycles. The molecule has 0 saturated heterocycles. The molecule has 0 spiro atoms. The first-order chi connectivity index (χ1) is 14.4. The highest BCUT2D eigenvalue weighted by molar-refractivity contribution is 7.92. The highest BCUT2D eigenvalue weighted by Gasteiger charge is 2.28. The summed E-state index contributed by atoms with van der Waals surface area (Å²) in [5.74, 6) is 0.0890. The predicted octanol–water partition coefficient (Wildman–Crippen LogP) is 4.84. The first-order valence-corrected chi connectivity index (χ1v) is 12.3. The Balaban J connectivity index is 1.86. The summed E-state index contributed by atoms with van der Waals surface area (Å²) in [6, 6.07) is 15.8. The fourth-order valence-corrected chi connectivity index (χ4v) is 5.33. The van der Waals surface area contributed by atoms with Crippen LogP contribution in [-0.4, -0.2) is 26.9 Å². The van der Waals surface area contributed by atoms with Gasteiger partial charge in [0.2, 0.25) is 5.91 Å². The van der Waals surface area contributed by atoms with Crippen LogP contribution < -0.4 is 9.62 Å². The number of nitrogens with one attached hydrogen (secondary N) is 1. The van der Waals surface area contributed by atoms with Gasteiger partial charge in [0.25, 0.3) is 10.0 Å². The lowest BCUT2D eigenvalue weighted by Gasteiger charge is -2.26. The van der Waals surface area contributed by atoms with Gasteiger partial charge < -0.3 is 5.32 Å². The highest BCUT2D eigenvalue weighted by Crippen LogP contribution is 2.26. The zero-order valence-corrected chi connectivity index (χ0v) is 18.7. The average Bonchev–Trinajstić information content (AvgIpc) is 3.01. The smallest absolute Gasteiger partial charge is 0.264 e. The fourth-order valence-electron chi connectivity index (χ4n) is 3.89. The Labute approximate surface area is 180 Å². The summed E-state index contributed by atoms with van der Waals surface area (Å²) in [6.07, 6.45) is 6.52. The number of sulfonamides is 1. The molecule has 0 unspecified atom stereocenters. The normalized spacial score (nSPS) is 15.6. The SMILES string of the molecule is CC(C)c1ccc(N(CC(=O)NC2CCCCCC2)S(=O)(=O)c2ccccc2)cc1. The lowest BCUT2D eigenvalue weighted by atomic mass is 10.0. The Morgan fingerprint density at radius 1 is 0.967 bits per heavy atom. The summed E-state index contributed by atoms with van der Waals surface area (Å²) < 4.78 is 28.0. The minimum atomic E-state index is -3.86. The van der Waals surface area contributed by atoms with Crippen molar-refractivity contribution in [1.82, 2.24) is 5.32 Å². The van der Waals surface area contributed by atoms with Crippen LogP contribution >= 0.6 is 0 Å². The van der Waals surface area contributed by atoms with Gasteiger partial charge in [0.1, 0.15) is 6.54 Å². The molecule has 1 aliphatic rings. The molecule has 162 valence electrons. The number of hydrogen-bond donors (Lipinski definition) is 1. The number of carbonyl (C=O) groups is 1. The molecule has 2 aromatic rings. The number of amides is 1. The summed E-state index contributed by atoms with van der Waals surface area (Å²) in [7, 11) is -3.86. The van der Waals surface area contributed by atoms with Gasteiger partial charge >= 0.3 is 0 Å². The van der Waals surface area contributed by atoms with E-state index in [1.807, 2.05) is 12.1 Å². The zero-order chi connectivity index (χ0) is 21.6. The third kappa shape index (κ3) is 5.63. The Kier molecular flexibility index (Phi) is 7.53. The van der Waals surface area contributed by atoms with Crippen LogP contribution in [0.2, 0.25) is 0 Å². The van der Waals surface area contributed by atoms with Crippen LogP contribution in [0.4, 0.5) is 5.69 Å². The molecule has 0 radical (unpaired) electrons. The van der Waals surface area contributed by atoms with Crippen molar-refractivity contribution in [3.63, 3.8) is 0 Å². The van der Waals surface area contributed by atoms with Gasteiger partial charge in [0, 0.05) is 6.04 Å². The quantitative estimate of drug-likeness (QED) is 0.642. The average molecular weight is 429 g/mol. The number of rotatable bonds is 7. The molecule has 0 atom stereocenters. The lowest BCUT2D eigenvalue weighted by Crippen LogP contribution is -2.44. The van der Waals surface area contributed by atoms with Crippen molar-refractivity contribution in [2.45, 2.75) is 69.2 Å². The molecular weight excluding hydrogens is 396 g/mol. The van der Waals surface area contributed by atoms with Gasteiger partial charge in [-0.15, -0.1) is 0 Å². The number of nitrogens with zero attached hydrogens (tertiary/aromatic N) is 1. The van der Waals surface area contributed by atoms with Crippen molar-refractivity contribution >= 4 is 21.6 Å². The summed E-state index contributed by atoms with van der Waals surface area (Å²) in [5, 5.41) is 3.07. The van der Waals surface area contributed by atoms with E-state index < -0.39 is 10.0 Å². The van der Waals surface area contributed by atoms with Crippen molar-refractivity contribution < 1.29 is 13.2 Å². The number of anilines is 1. The molecule has 2 aromatic carbocycles. The molecule has 1 N–H and O–H groups in total. The summed E-state index contributed by atoms with van der Waals surface area (Å²) in [5.41, 5.74) is 1.62. The third-order valence-corrected chi connectivity index (χ3v) is 7.47. The van der Waals surface area contributed by atoms with Gasteiger partial charge in [0.15, 0.2) is 0 Å². The van der Waals surface area contributed by atoms with Gasteiger partial charge in [-0.05, 0) is 48.6 Å². The molecule has 1 saturated carbocycles. The minimum Gasteiger partial charge on any atom is -0.352 e. The van der Waals surface area contributed by atoms with Gasteiger partial charge in [0.05, 0.1) is 10.6 Å². The van der Waals surface area contributed by atoms with E-state index in [1.165, 1.54) is 17.1 Å². The van der Waals surface area contributed by atoms with Gasteiger partial charge in [-0.2, -0.15) is 0 Å². The van der Waals surface area contributed by atoms with Crippen LogP contribution in [0.3, 0.4) is 0 Å². The van der Waals surface area contributed by atoms with Crippen molar-refractivity contribution in [2.75, 3.05) is 10.8 Å². The topological polar surface area (TPSA) is 66.5 Å². The second kappa shape index (κ2) is 10.1.